The second kappa shape index (κ2) is 10.1. The third-order valence-electron chi connectivity index (χ3n) is 6.12. The molecule has 10 nitrogen and oxygen atoms in total. The van der Waals surface area contributed by atoms with Gasteiger partial charge in [-0.25, -0.2) is 13.4 Å². The van der Waals surface area contributed by atoms with Crippen LogP contribution in [0, 0.1) is 0 Å². The molecule has 1 amide bonds. The van der Waals surface area contributed by atoms with Crippen LogP contribution in [0.15, 0.2) is 12.1 Å². The number of hydrogen-bond donors (Lipinski definition) is 4. The SMILES string of the molecule is CS(=O)(=O)NC(C(=O)O)C1(O)CCN(C(=O)CCCCc2ccc3c(n2)NCCC3)CC1. The Morgan fingerprint density at radius 3 is 2.66 bits per heavy atom. The summed E-state index contributed by atoms with van der Waals surface area (Å²) in [5.41, 5.74) is 0.515. The third kappa shape index (κ3) is 6.39. The summed E-state index contributed by atoms with van der Waals surface area (Å²) in [6.45, 7) is 1.31. The maximum absolute atomic E-state index is 12.5. The molecule has 1 unspecified atom stereocenters. The van der Waals surface area contributed by atoms with E-state index in [4.69, 9.17) is 0 Å². The Bertz CT molecular complexity index is 944. The molecule has 178 valence electrons. The highest BCUT2D eigenvalue weighted by Crippen LogP contribution is 2.27. The minimum Gasteiger partial charge on any atom is -0.480 e. The smallest absolute Gasteiger partial charge is 0.324 e. The van der Waals surface area contributed by atoms with Crippen LogP contribution < -0.4 is 10.0 Å². The van der Waals surface area contributed by atoms with E-state index in [-0.39, 0.29) is 31.8 Å². The molecular formula is C21H32N4O6S. The summed E-state index contributed by atoms with van der Waals surface area (Å²) in [7, 11) is -3.81. The van der Waals surface area contributed by atoms with Crippen molar-refractivity contribution in [3.63, 3.8) is 0 Å². The number of aliphatic carboxylic acids is 1. The number of pyridine rings is 1. The average molecular weight is 469 g/mol. The van der Waals surface area contributed by atoms with Crippen molar-refractivity contribution in [2.45, 2.75) is 63.0 Å². The lowest BCUT2D eigenvalue weighted by atomic mass is 9.84. The molecule has 1 fully saturated rings. The Hall–Kier alpha value is -2.24. The number of anilines is 1. The molecule has 0 aromatic carbocycles. The molecular weight excluding hydrogens is 436 g/mol. The topological polar surface area (TPSA) is 149 Å². The molecule has 1 saturated heterocycles. The van der Waals surface area contributed by atoms with E-state index in [1.54, 1.807) is 4.90 Å². The van der Waals surface area contributed by atoms with E-state index in [0.717, 1.165) is 50.0 Å². The predicted molar refractivity (Wildman–Crippen MR) is 119 cm³/mol. The van der Waals surface area contributed by atoms with Gasteiger partial charge in [-0.05, 0) is 56.6 Å². The maximum atomic E-state index is 12.5. The number of nitrogens with one attached hydrogen (secondary N) is 2. The van der Waals surface area contributed by atoms with Crippen LogP contribution in [0.4, 0.5) is 5.82 Å². The first-order valence-electron chi connectivity index (χ1n) is 11.0. The lowest BCUT2D eigenvalue weighted by molar-refractivity contribution is -0.150. The number of aromatic nitrogens is 1. The van der Waals surface area contributed by atoms with Crippen LogP contribution in [0.5, 0.6) is 0 Å². The van der Waals surface area contributed by atoms with Gasteiger partial charge in [0, 0.05) is 31.7 Å². The van der Waals surface area contributed by atoms with Gasteiger partial charge in [-0.3, -0.25) is 9.59 Å². The molecule has 1 aromatic heterocycles. The number of likely N-dealkylation sites (tertiary alicyclic amines) is 1. The second-order valence-electron chi connectivity index (χ2n) is 8.69. The maximum Gasteiger partial charge on any atom is 0.324 e. The largest absolute Gasteiger partial charge is 0.480 e. The van der Waals surface area contributed by atoms with E-state index in [0.29, 0.717) is 12.8 Å². The monoisotopic (exact) mass is 468 g/mol. The fraction of sp³-hybridized carbons (Fsp3) is 0.667. The van der Waals surface area contributed by atoms with Gasteiger partial charge in [0.1, 0.15) is 11.9 Å². The number of aryl methyl sites for hydroxylation is 2. The number of carbonyl (C=O) groups excluding carboxylic acids is 1. The average Bonchev–Trinajstić information content (AvgIpc) is 2.74. The highest BCUT2D eigenvalue weighted by atomic mass is 32.2. The quantitative estimate of drug-likeness (QED) is 0.383. The number of hydrogen-bond acceptors (Lipinski definition) is 7. The molecule has 0 spiro atoms. The van der Waals surface area contributed by atoms with Gasteiger partial charge in [-0.2, -0.15) is 4.72 Å². The predicted octanol–water partition coefficient (Wildman–Crippen LogP) is 0.508. The Labute approximate surface area is 188 Å². The van der Waals surface area contributed by atoms with Crippen LogP contribution in [0.1, 0.15) is 49.8 Å². The van der Waals surface area contributed by atoms with Crippen LogP contribution in [0.2, 0.25) is 0 Å². The van der Waals surface area contributed by atoms with Crippen molar-refractivity contribution in [2.75, 3.05) is 31.2 Å². The molecule has 3 heterocycles. The highest BCUT2D eigenvalue weighted by molar-refractivity contribution is 7.88. The standard InChI is InChI=1S/C21H32N4O6S/c1-32(30,31)24-18(20(27)28)21(29)10-13-25(14-11-21)17(26)7-3-2-6-16-9-8-15-5-4-12-22-19(15)23-16/h8-9,18,24,29H,2-7,10-14H2,1H3,(H,22,23)(H,27,28). The van der Waals surface area contributed by atoms with Crippen molar-refractivity contribution >= 4 is 27.7 Å². The number of carbonyl (C=O) groups is 2. The van der Waals surface area contributed by atoms with Crippen LogP contribution in [-0.4, -0.2) is 77.9 Å². The number of fused-ring (bicyclic) bond motifs is 1. The Balaban J connectivity index is 1.44. The van der Waals surface area contributed by atoms with Crippen LogP contribution in [0.3, 0.4) is 0 Å². The Morgan fingerprint density at radius 1 is 1.28 bits per heavy atom. The summed E-state index contributed by atoms with van der Waals surface area (Å²) in [4.78, 5) is 30.3. The van der Waals surface area contributed by atoms with Crippen molar-refractivity contribution in [3.8, 4) is 0 Å². The van der Waals surface area contributed by atoms with Crippen LogP contribution in [0.25, 0.3) is 0 Å². The molecule has 0 radical (unpaired) electrons. The van der Waals surface area contributed by atoms with Crippen molar-refractivity contribution in [2.24, 2.45) is 0 Å². The zero-order valence-corrected chi connectivity index (χ0v) is 19.2. The summed E-state index contributed by atoms with van der Waals surface area (Å²) in [6, 6.07) is 2.52. The molecule has 11 heteroatoms. The zero-order chi connectivity index (χ0) is 23.4. The number of rotatable bonds is 9. The summed E-state index contributed by atoms with van der Waals surface area (Å²) in [5, 5.41) is 23.4. The Kier molecular flexibility index (Phi) is 7.73. The van der Waals surface area contributed by atoms with Gasteiger partial charge < -0.3 is 20.4 Å². The van der Waals surface area contributed by atoms with Crippen molar-refractivity contribution in [3.05, 3.63) is 23.4 Å². The first-order chi connectivity index (χ1) is 15.1. The number of aliphatic hydroxyl groups is 1. The van der Waals surface area contributed by atoms with Gasteiger partial charge in [0.05, 0.1) is 11.9 Å². The number of nitrogens with zero attached hydrogens (tertiary/aromatic N) is 2. The molecule has 0 bridgehead atoms. The minimum atomic E-state index is -3.81. The summed E-state index contributed by atoms with van der Waals surface area (Å²) < 4.78 is 24.9. The molecule has 4 N–H and O–H groups in total. The van der Waals surface area contributed by atoms with Crippen LogP contribution in [-0.2, 0) is 32.5 Å². The van der Waals surface area contributed by atoms with Crippen molar-refractivity contribution in [1.29, 1.82) is 0 Å². The molecule has 0 saturated carbocycles. The molecule has 1 aromatic rings. The van der Waals surface area contributed by atoms with Gasteiger partial charge in [-0.15, -0.1) is 0 Å². The number of amides is 1. The lowest BCUT2D eigenvalue weighted by Crippen LogP contribution is -2.61. The number of unbranched alkanes of at least 4 members (excludes halogenated alkanes) is 1. The molecule has 0 aliphatic carbocycles. The van der Waals surface area contributed by atoms with Crippen molar-refractivity contribution < 1.29 is 28.2 Å². The molecule has 2 aliphatic rings. The van der Waals surface area contributed by atoms with Gasteiger partial charge in [0.2, 0.25) is 15.9 Å². The Morgan fingerprint density at radius 2 is 2.00 bits per heavy atom. The zero-order valence-electron chi connectivity index (χ0n) is 18.3. The highest BCUT2D eigenvalue weighted by Gasteiger charge is 2.45. The van der Waals surface area contributed by atoms with Gasteiger partial charge in [-0.1, -0.05) is 6.07 Å². The molecule has 1 atom stereocenters. The third-order valence-corrected chi connectivity index (χ3v) is 6.79. The summed E-state index contributed by atoms with van der Waals surface area (Å²) >= 11 is 0. The lowest BCUT2D eigenvalue weighted by Gasteiger charge is -2.41. The van der Waals surface area contributed by atoms with E-state index in [1.807, 2.05) is 10.8 Å². The van der Waals surface area contributed by atoms with E-state index in [2.05, 4.69) is 16.4 Å². The van der Waals surface area contributed by atoms with E-state index in [1.165, 1.54) is 5.56 Å². The summed E-state index contributed by atoms with van der Waals surface area (Å²) in [5.74, 6) is -0.519. The van der Waals surface area contributed by atoms with Gasteiger partial charge in [0.15, 0.2) is 0 Å². The van der Waals surface area contributed by atoms with Crippen LogP contribution >= 0.6 is 0 Å². The molecule has 32 heavy (non-hydrogen) atoms. The van der Waals surface area contributed by atoms with Crippen molar-refractivity contribution in [1.82, 2.24) is 14.6 Å². The van der Waals surface area contributed by atoms with Gasteiger partial charge in [0.25, 0.3) is 0 Å². The van der Waals surface area contributed by atoms with E-state index >= 15 is 0 Å². The van der Waals surface area contributed by atoms with E-state index < -0.39 is 27.6 Å². The minimum absolute atomic E-state index is 0.00965. The number of sulfonamides is 1. The first kappa shape index (κ1) is 24.4. The number of carboxylic acids is 1. The van der Waals surface area contributed by atoms with Gasteiger partial charge >= 0.3 is 5.97 Å². The summed E-state index contributed by atoms with van der Waals surface area (Å²) in [6.07, 6.45) is 5.69. The normalized spacial score (nSPS) is 19.0. The number of carboxylic acid groups (broad SMARTS) is 1. The molecule has 3 rings (SSSR count). The fourth-order valence-electron chi connectivity index (χ4n) is 4.28. The first-order valence-corrected chi connectivity index (χ1v) is 12.9. The fourth-order valence-corrected chi connectivity index (χ4v) is 5.03. The van der Waals surface area contributed by atoms with E-state index in [9.17, 15) is 28.2 Å². The second-order valence-corrected chi connectivity index (χ2v) is 10.5. The molecule has 2 aliphatic heterocycles. The number of piperidine rings is 1.